The van der Waals surface area contributed by atoms with E-state index in [4.69, 9.17) is 4.74 Å². The summed E-state index contributed by atoms with van der Waals surface area (Å²) in [6.45, 7) is 4.11. The van der Waals surface area contributed by atoms with E-state index in [2.05, 4.69) is 29.8 Å². The third-order valence-corrected chi connectivity index (χ3v) is 4.44. The molecule has 3 amide bonds. The molecule has 1 heterocycles. The number of rotatable bonds is 7. The van der Waals surface area contributed by atoms with Crippen molar-refractivity contribution in [2.24, 2.45) is 5.92 Å². The van der Waals surface area contributed by atoms with Gasteiger partial charge in [-0.1, -0.05) is 26.0 Å². The maximum absolute atomic E-state index is 12.3. The first-order valence-electron chi connectivity index (χ1n) is 7.99. The summed E-state index contributed by atoms with van der Waals surface area (Å²) in [5.41, 5.74) is 1.19. The predicted octanol–water partition coefficient (Wildman–Crippen LogP) is 3.85. The molecular formula is C18H23N3O3S. The molecule has 134 valence electrons. The number of anilines is 2. The quantitative estimate of drug-likeness (QED) is 0.701. The van der Waals surface area contributed by atoms with Crippen LogP contribution in [0.5, 0.6) is 0 Å². The van der Waals surface area contributed by atoms with Gasteiger partial charge in [0.2, 0.25) is 5.91 Å². The molecule has 0 fully saturated rings. The predicted molar refractivity (Wildman–Crippen MR) is 101 cm³/mol. The van der Waals surface area contributed by atoms with Crippen molar-refractivity contribution in [1.82, 2.24) is 5.32 Å². The lowest BCUT2D eigenvalue weighted by atomic mass is 10.0. The van der Waals surface area contributed by atoms with Crippen LogP contribution in [0.1, 0.15) is 24.8 Å². The van der Waals surface area contributed by atoms with Gasteiger partial charge in [0, 0.05) is 23.4 Å². The minimum atomic E-state index is -0.285. The molecule has 0 aliphatic heterocycles. The Morgan fingerprint density at radius 1 is 1.12 bits per heavy atom. The number of thiophene rings is 1. The van der Waals surface area contributed by atoms with Crippen molar-refractivity contribution >= 4 is 34.6 Å². The first kappa shape index (κ1) is 19.0. The molecule has 6 nitrogen and oxygen atoms in total. The molecule has 1 atom stereocenters. The second-order valence-corrected chi connectivity index (χ2v) is 6.88. The fourth-order valence-corrected chi connectivity index (χ4v) is 3.29. The van der Waals surface area contributed by atoms with Crippen LogP contribution in [0.15, 0.2) is 41.8 Å². The van der Waals surface area contributed by atoms with Crippen LogP contribution in [-0.2, 0) is 9.53 Å². The smallest absolute Gasteiger partial charge is 0.319 e. The lowest BCUT2D eigenvalue weighted by molar-refractivity contribution is -0.119. The Kier molecular flexibility index (Phi) is 6.97. The number of ether oxygens (including phenoxy) is 1. The summed E-state index contributed by atoms with van der Waals surface area (Å²) in [6, 6.07) is 10.6. The van der Waals surface area contributed by atoms with E-state index in [1.54, 1.807) is 35.6 Å². The Bertz CT molecular complexity index is 701. The number of hydrogen-bond acceptors (Lipinski definition) is 4. The fraction of sp³-hybridized carbons (Fsp3) is 0.333. The SMILES string of the molecule is COCC(=O)Nc1cccc(NC(=O)NC(c2cccs2)C(C)C)c1. The summed E-state index contributed by atoms with van der Waals surface area (Å²) < 4.78 is 4.78. The fourth-order valence-electron chi connectivity index (χ4n) is 2.35. The van der Waals surface area contributed by atoms with E-state index in [0.717, 1.165) is 4.88 Å². The number of carbonyl (C=O) groups is 2. The highest BCUT2D eigenvalue weighted by atomic mass is 32.1. The van der Waals surface area contributed by atoms with Gasteiger partial charge in [0.25, 0.3) is 0 Å². The van der Waals surface area contributed by atoms with Gasteiger partial charge in [0.1, 0.15) is 6.61 Å². The summed E-state index contributed by atoms with van der Waals surface area (Å²) in [7, 11) is 1.46. The minimum Gasteiger partial charge on any atom is -0.375 e. The number of amides is 3. The van der Waals surface area contributed by atoms with Gasteiger partial charge in [-0.2, -0.15) is 0 Å². The molecule has 0 bridgehead atoms. The Morgan fingerprint density at radius 3 is 2.44 bits per heavy atom. The first-order chi connectivity index (χ1) is 12.0. The molecule has 0 aliphatic carbocycles. The second kappa shape index (κ2) is 9.19. The zero-order valence-electron chi connectivity index (χ0n) is 14.5. The topological polar surface area (TPSA) is 79.5 Å². The molecule has 0 saturated heterocycles. The van der Waals surface area contributed by atoms with Crippen LogP contribution in [0.2, 0.25) is 0 Å². The van der Waals surface area contributed by atoms with Crippen molar-refractivity contribution in [2.45, 2.75) is 19.9 Å². The third-order valence-electron chi connectivity index (χ3n) is 3.48. The molecular weight excluding hydrogens is 338 g/mol. The van der Waals surface area contributed by atoms with Gasteiger partial charge in [-0.15, -0.1) is 11.3 Å². The second-order valence-electron chi connectivity index (χ2n) is 5.90. The molecule has 0 radical (unpaired) electrons. The number of urea groups is 1. The summed E-state index contributed by atoms with van der Waals surface area (Å²) >= 11 is 1.62. The molecule has 1 aromatic heterocycles. The average molecular weight is 361 g/mol. The molecule has 2 rings (SSSR count). The maximum Gasteiger partial charge on any atom is 0.319 e. The van der Waals surface area contributed by atoms with Crippen molar-refractivity contribution < 1.29 is 14.3 Å². The number of benzene rings is 1. The maximum atomic E-state index is 12.3. The summed E-state index contributed by atoms with van der Waals surface area (Å²) in [4.78, 5) is 25.0. The van der Waals surface area contributed by atoms with E-state index in [-0.39, 0.29) is 30.5 Å². The highest BCUT2D eigenvalue weighted by Crippen LogP contribution is 2.26. The summed E-state index contributed by atoms with van der Waals surface area (Å²) in [5, 5.41) is 10.5. The third kappa shape index (κ3) is 5.88. The standard InChI is InChI=1S/C18H23N3O3S/c1-12(2)17(15-8-5-9-25-15)21-18(23)20-14-7-4-6-13(10-14)19-16(22)11-24-3/h4-10,12,17H,11H2,1-3H3,(H,19,22)(H2,20,21,23). The molecule has 3 N–H and O–H groups in total. The minimum absolute atomic E-state index is 0.0188. The largest absolute Gasteiger partial charge is 0.375 e. The van der Waals surface area contributed by atoms with Crippen LogP contribution in [0, 0.1) is 5.92 Å². The normalized spacial score (nSPS) is 11.8. The highest BCUT2D eigenvalue weighted by Gasteiger charge is 2.19. The van der Waals surface area contributed by atoms with Crippen LogP contribution in [-0.4, -0.2) is 25.7 Å². The van der Waals surface area contributed by atoms with Gasteiger partial charge in [0.15, 0.2) is 0 Å². The van der Waals surface area contributed by atoms with Gasteiger partial charge >= 0.3 is 6.03 Å². The number of methoxy groups -OCH3 is 1. The Hall–Kier alpha value is -2.38. The van der Waals surface area contributed by atoms with Crippen molar-refractivity contribution in [3.05, 3.63) is 46.7 Å². The molecule has 0 aliphatic rings. The zero-order chi connectivity index (χ0) is 18.2. The van der Waals surface area contributed by atoms with Gasteiger partial charge in [0.05, 0.1) is 6.04 Å². The Labute approximate surface area is 151 Å². The van der Waals surface area contributed by atoms with E-state index >= 15 is 0 Å². The Balaban J connectivity index is 1.99. The highest BCUT2D eigenvalue weighted by molar-refractivity contribution is 7.10. The summed E-state index contributed by atoms with van der Waals surface area (Å²) in [6.07, 6.45) is 0. The molecule has 1 unspecified atom stereocenters. The van der Waals surface area contributed by atoms with E-state index < -0.39 is 0 Å². The van der Waals surface area contributed by atoms with E-state index in [1.807, 2.05) is 17.5 Å². The molecule has 7 heteroatoms. The van der Waals surface area contributed by atoms with Crippen LogP contribution in [0.4, 0.5) is 16.2 Å². The Morgan fingerprint density at radius 2 is 1.84 bits per heavy atom. The van der Waals surface area contributed by atoms with E-state index in [0.29, 0.717) is 11.4 Å². The summed E-state index contributed by atoms with van der Waals surface area (Å²) in [5.74, 6) is 0.0192. The number of hydrogen-bond donors (Lipinski definition) is 3. The molecule has 0 saturated carbocycles. The van der Waals surface area contributed by atoms with Crippen molar-refractivity contribution in [1.29, 1.82) is 0 Å². The van der Waals surface area contributed by atoms with Crippen molar-refractivity contribution in [2.75, 3.05) is 24.4 Å². The number of nitrogens with one attached hydrogen (secondary N) is 3. The van der Waals surface area contributed by atoms with Gasteiger partial charge in [-0.25, -0.2) is 4.79 Å². The molecule has 1 aromatic carbocycles. The monoisotopic (exact) mass is 361 g/mol. The molecule has 2 aromatic rings. The van der Waals surface area contributed by atoms with Crippen molar-refractivity contribution in [3.8, 4) is 0 Å². The van der Waals surface area contributed by atoms with E-state index in [1.165, 1.54) is 7.11 Å². The van der Waals surface area contributed by atoms with Gasteiger partial charge in [-0.3, -0.25) is 4.79 Å². The first-order valence-corrected chi connectivity index (χ1v) is 8.87. The average Bonchev–Trinajstić information content (AvgIpc) is 3.07. The van der Waals surface area contributed by atoms with E-state index in [9.17, 15) is 9.59 Å². The zero-order valence-corrected chi connectivity index (χ0v) is 15.4. The number of carbonyl (C=O) groups excluding carboxylic acids is 2. The van der Waals surface area contributed by atoms with Crippen LogP contribution in [0.25, 0.3) is 0 Å². The lowest BCUT2D eigenvalue weighted by Crippen LogP contribution is -2.34. The van der Waals surface area contributed by atoms with Crippen LogP contribution in [0.3, 0.4) is 0 Å². The lowest BCUT2D eigenvalue weighted by Gasteiger charge is -2.21. The van der Waals surface area contributed by atoms with Gasteiger partial charge < -0.3 is 20.7 Å². The molecule has 25 heavy (non-hydrogen) atoms. The molecule has 0 spiro atoms. The van der Waals surface area contributed by atoms with Crippen molar-refractivity contribution in [3.63, 3.8) is 0 Å². The van der Waals surface area contributed by atoms with Crippen LogP contribution < -0.4 is 16.0 Å². The van der Waals surface area contributed by atoms with Gasteiger partial charge in [-0.05, 0) is 35.6 Å². The van der Waals surface area contributed by atoms with Crippen LogP contribution >= 0.6 is 11.3 Å².